The molecule has 0 atom stereocenters. The minimum absolute atomic E-state index is 0.0788. The number of sulfonamides is 1. The van der Waals surface area contributed by atoms with Crippen molar-refractivity contribution in [2.24, 2.45) is 0 Å². The lowest BCUT2D eigenvalue weighted by Gasteiger charge is -2.10. The number of phenols is 1. The van der Waals surface area contributed by atoms with E-state index in [1.54, 1.807) is 13.8 Å². The van der Waals surface area contributed by atoms with E-state index in [0.29, 0.717) is 11.1 Å². The molecule has 0 radical (unpaired) electrons. The second-order valence-corrected chi connectivity index (χ2v) is 4.94. The van der Waals surface area contributed by atoms with Crippen LogP contribution in [-0.2, 0) is 10.0 Å². The van der Waals surface area contributed by atoms with Gasteiger partial charge in [0.2, 0.25) is 10.0 Å². The number of hydrogen-bond acceptors (Lipinski definition) is 3. The maximum absolute atomic E-state index is 11.6. The summed E-state index contributed by atoms with van der Waals surface area (Å²) in [7, 11) is -2.08. The zero-order valence-electron chi connectivity index (χ0n) is 8.33. The normalized spacial score (nSPS) is 11.6. The summed E-state index contributed by atoms with van der Waals surface area (Å²) in [6.07, 6.45) is 0. The molecule has 4 nitrogen and oxygen atoms in total. The van der Waals surface area contributed by atoms with E-state index in [4.69, 9.17) is 0 Å². The lowest BCUT2D eigenvalue weighted by atomic mass is 10.1. The molecule has 1 aromatic rings. The minimum Gasteiger partial charge on any atom is -0.508 e. The molecule has 0 saturated heterocycles. The van der Waals surface area contributed by atoms with Crippen molar-refractivity contribution < 1.29 is 13.5 Å². The van der Waals surface area contributed by atoms with Crippen molar-refractivity contribution >= 4 is 10.0 Å². The number of benzene rings is 1. The topological polar surface area (TPSA) is 66.4 Å². The predicted octanol–water partition coefficient (Wildman–Crippen LogP) is 0.917. The molecule has 1 rings (SSSR count). The van der Waals surface area contributed by atoms with Gasteiger partial charge in [-0.05, 0) is 44.2 Å². The maximum Gasteiger partial charge on any atom is 0.240 e. The van der Waals surface area contributed by atoms with Crippen molar-refractivity contribution in [2.45, 2.75) is 18.7 Å². The first-order valence-electron chi connectivity index (χ1n) is 4.12. The number of phenolic OH excluding ortho intramolecular Hbond substituents is 1. The van der Waals surface area contributed by atoms with Crippen LogP contribution < -0.4 is 4.72 Å². The van der Waals surface area contributed by atoms with Crippen molar-refractivity contribution in [3.05, 3.63) is 23.3 Å². The molecule has 0 aliphatic heterocycles. The summed E-state index contributed by atoms with van der Waals surface area (Å²) in [4.78, 5) is 0.234. The van der Waals surface area contributed by atoms with Gasteiger partial charge in [0, 0.05) is 0 Å². The third-order valence-corrected chi connectivity index (χ3v) is 3.70. The lowest BCUT2D eigenvalue weighted by molar-refractivity contribution is 0.473. The average molecular weight is 215 g/mol. The van der Waals surface area contributed by atoms with Gasteiger partial charge in [-0.15, -0.1) is 0 Å². The highest BCUT2D eigenvalue weighted by Gasteiger charge is 2.17. The van der Waals surface area contributed by atoms with Crippen LogP contribution in [0.25, 0.3) is 0 Å². The third kappa shape index (κ3) is 1.88. The molecule has 0 amide bonds. The Hall–Kier alpha value is -1.07. The molecule has 0 spiro atoms. The first kappa shape index (κ1) is 11.0. The Morgan fingerprint density at radius 3 is 2.00 bits per heavy atom. The Bertz CT molecular complexity index is 428. The van der Waals surface area contributed by atoms with Crippen LogP contribution in [0.1, 0.15) is 11.1 Å². The fraction of sp³-hybridized carbons (Fsp3) is 0.333. The molecule has 0 fully saturated rings. The molecule has 0 heterocycles. The van der Waals surface area contributed by atoms with Crippen molar-refractivity contribution in [1.29, 1.82) is 0 Å². The molecular weight excluding hydrogens is 202 g/mol. The Morgan fingerprint density at radius 1 is 1.21 bits per heavy atom. The second-order valence-electron chi connectivity index (χ2n) is 3.12. The summed E-state index contributed by atoms with van der Waals surface area (Å²) in [6, 6.07) is 2.86. The van der Waals surface area contributed by atoms with Crippen LogP contribution in [0.4, 0.5) is 0 Å². The van der Waals surface area contributed by atoms with Gasteiger partial charge in [-0.1, -0.05) is 0 Å². The monoisotopic (exact) mass is 215 g/mol. The molecule has 78 valence electrons. The summed E-state index contributed by atoms with van der Waals surface area (Å²) in [5, 5.41) is 9.24. The summed E-state index contributed by atoms with van der Waals surface area (Å²) < 4.78 is 25.4. The summed E-state index contributed by atoms with van der Waals surface area (Å²) in [5.74, 6) is 0.0788. The van der Waals surface area contributed by atoms with Gasteiger partial charge in [-0.2, -0.15) is 0 Å². The van der Waals surface area contributed by atoms with Crippen molar-refractivity contribution in [3.63, 3.8) is 0 Å². The SMILES string of the molecule is CNS(=O)(=O)c1c(C)cc(O)cc1C. The van der Waals surface area contributed by atoms with E-state index in [1.165, 1.54) is 19.2 Å². The Labute approximate surface area is 83.6 Å². The van der Waals surface area contributed by atoms with E-state index < -0.39 is 10.0 Å². The highest BCUT2D eigenvalue weighted by Crippen LogP contribution is 2.24. The third-order valence-electron chi connectivity index (χ3n) is 1.98. The molecule has 0 aliphatic carbocycles. The molecular formula is C9H13NO3S. The van der Waals surface area contributed by atoms with Gasteiger partial charge >= 0.3 is 0 Å². The number of aromatic hydroxyl groups is 1. The van der Waals surface area contributed by atoms with E-state index in [0.717, 1.165) is 0 Å². The number of hydrogen-bond donors (Lipinski definition) is 2. The Balaban J connectivity index is 3.51. The average Bonchev–Trinajstić information content (AvgIpc) is 2.01. The van der Waals surface area contributed by atoms with E-state index >= 15 is 0 Å². The molecule has 0 aromatic heterocycles. The molecule has 2 N–H and O–H groups in total. The molecule has 0 unspecified atom stereocenters. The first-order chi connectivity index (χ1) is 6.38. The van der Waals surface area contributed by atoms with E-state index in [2.05, 4.69) is 4.72 Å². The van der Waals surface area contributed by atoms with Gasteiger partial charge in [0.25, 0.3) is 0 Å². The molecule has 0 saturated carbocycles. The van der Waals surface area contributed by atoms with Gasteiger partial charge in [0.05, 0.1) is 4.90 Å². The van der Waals surface area contributed by atoms with E-state index in [1.807, 2.05) is 0 Å². The van der Waals surface area contributed by atoms with Crippen molar-refractivity contribution in [3.8, 4) is 5.75 Å². The van der Waals surface area contributed by atoms with Gasteiger partial charge in [0.15, 0.2) is 0 Å². The summed E-state index contributed by atoms with van der Waals surface area (Å²) >= 11 is 0. The zero-order chi connectivity index (χ0) is 10.9. The molecule has 0 aliphatic rings. The lowest BCUT2D eigenvalue weighted by Crippen LogP contribution is -2.20. The maximum atomic E-state index is 11.6. The van der Waals surface area contributed by atoms with Crippen LogP contribution in [0.5, 0.6) is 5.75 Å². The zero-order valence-corrected chi connectivity index (χ0v) is 9.14. The minimum atomic E-state index is -3.44. The van der Waals surface area contributed by atoms with Crippen LogP contribution in [0.15, 0.2) is 17.0 Å². The van der Waals surface area contributed by atoms with Crippen LogP contribution in [0, 0.1) is 13.8 Å². The largest absolute Gasteiger partial charge is 0.508 e. The van der Waals surface area contributed by atoms with Crippen molar-refractivity contribution in [2.75, 3.05) is 7.05 Å². The van der Waals surface area contributed by atoms with Crippen LogP contribution in [-0.4, -0.2) is 20.6 Å². The number of nitrogens with one attached hydrogen (secondary N) is 1. The van der Waals surface area contributed by atoms with Crippen LogP contribution in [0.3, 0.4) is 0 Å². The van der Waals surface area contributed by atoms with Gasteiger partial charge in [-0.25, -0.2) is 13.1 Å². The standard InChI is InChI=1S/C9H13NO3S/c1-6-4-8(11)5-7(2)9(6)14(12,13)10-3/h4-5,10-11H,1-3H3. The Kier molecular flexibility index (Phi) is 2.82. The smallest absolute Gasteiger partial charge is 0.240 e. The van der Waals surface area contributed by atoms with Gasteiger partial charge in [0.1, 0.15) is 5.75 Å². The number of rotatable bonds is 2. The highest BCUT2D eigenvalue weighted by molar-refractivity contribution is 7.89. The number of aryl methyl sites for hydroxylation is 2. The molecule has 14 heavy (non-hydrogen) atoms. The van der Waals surface area contributed by atoms with Gasteiger partial charge < -0.3 is 5.11 Å². The molecule has 0 bridgehead atoms. The highest BCUT2D eigenvalue weighted by atomic mass is 32.2. The van der Waals surface area contributed by atoms with Gasteiger partial charge in [-0.3, -0.25) is 0 Å². The van der Waals surface area contributed by atoms with Crippen molar-refractivity contribution in [1.82, 2.24) is 4.72 Å². The first-order valence-corrected chi connectivity index (χ1v) is 5.60. The van der Waals surface area contributed by atoms with E-state index in [9.17, 15) is 13.5 Å². The fourth-order valence-electron chi connectivity index (χ4n) is 1.45. The quantitative estimate of drug-likeness (QED) is 0.770. The second kappa shape index (κ2) is 3.59. The van der Waals surface area contributed by atoms with Crippen LogP contribution in [0.2, 0.25) is 0 Å². The van der Waals surface area contributed by atoms with E-state index in [-0.39, 0.29) is 10.6 Å². The summed E-state index contributed by atoms with van der Waals surface area (Å²) in [5.41, 5.74) is 1.08. The van der Waals surface area contributed by atoms with Crippen LogP contribution >= 0.6 is 0 Å². The molecule has 1 aromatic carbocycles. The molecule has 5 heteroatoms. The fourth-order valence-corrected chi connectivity index (χ4v) is 2.62. The summed E-state index contributed by atoms with van der Waals surface area (Å²) in [6.45, 7) is 3.30. The Morgan fingerprint density at radius 2 is 1.64 bits per heavy atom. The predicted molar refractivity (Wildman–Crippen MR) is 53.8 cm³/mol.